The van der Waals surface area contributed by atoms with Crippen molar-refractivity contribution in [1.82, 2.24) is 15.0 Å². The molecule has 0 N–H and O–H groups in total. The smallest absolute Gasteiger partial charge is 0.260 e. The molecule has 0 saturated carbocycles. The van der Waals surface area contributed by atoms with Gasteiger partial charge in [-0.15, -0.1) is 0 Å². The highest BCUT2D eigenvalue weighted by atomic mass is 16.5. The topological polar surface area (TPSA) is 58.8 Å². The molecule has 1 amide bonds. The van der Waals surface area contributed by atoms with Gasteiger partial charge in [0, 0.05) is 32.2 Å². The highest BCUT2D eigenvalue weighted by Crippen LogP contribution is 2.15. The minimum atomic E-state index is 0.0731. The molecule has 0 aliphatic carbocycles. The normalized spacial score (nSPS) is 14.3. The lowest BCUT2D eigenvalue weighted by molar-refractivity contribution is -0.132. The molecule has 24 heavy (non-hydrogen) atoms. The van der Waals surface area contributed by atoms with Gasteiger partial charge in [0.15, 0.2) is 6.61 Å². The van der Waals surface area contributed by atoms with Crippen LogP contribution in [0.1, 0.15) is 24.1 Å². The van der Waals surface area contributed by atoms with Crippen LogP contribution in [-0.4, -0.2) is 47.6 Å². The lowest BCUT2D eigenvalue weighted by Gasteiger charge is -2.16. The monoisotopic (exact) mass is 329 g/mol. The van der Waals surface area contributed by atoms with Gasteiger partial charge in [0.05, 0.1) is 5.69 Å². The SMILES string of the molecule is CN(Cc1ccc(OCC(=O)N2CCCC2)cc1)Cc1ccon1. The average Bonchev–Trinajstić information content (AvgIpc) is 3.27. The van der Waals surface area contributed by atoms with Gasteiger partial charge in [0.1, 0.15) is 12.0 Å². The van der Waals surface area contributed by atoms with Gasteiger partial charge >= 0.3 is 0 Å². The maximum absolute atomic E-state index is 12.0. The number of carbonyl (C=O) groups is 1. The van der Waals surface area contributed by atoms with Crippen LogP contribution in [-0.2, 0) is 17.9 Å². The predicted octanol–water partition coefficient (Wildman–Crippen LogP) is 2.31. The first-order chi connectivity index (χ1) is 11.7. The molecule has 6 nitrogen and oxygen atoms in total. The van der Waals surface area contributed by atoms with Gasteiger partial charge < -0.3 is 14.2 Å². The van der Waals surface area contributed by atoms with Crippen molar-refractivity contribution in [2.75, 3.05) is 26.7 Å². The number of ether oxygens (including phenoxy) is 1. The summed E-state index contributed by atoms with van der Waals surface area (Å²) in [5.41, 5.74) is 2.09. The van der Waals surface area contributed by atoms with Crippen molar-refractivity contribution in [3.63, 3.8) is 0 Å². The zero-order valence-electron chi connectivity index (χ0n) is 14.0. The van der Waals surface area contributed by atoms with Crippen molar-refractivity contribution in [2.24, 2.45) is 0 Å². The summed E-state index contributed by atoms with van der Waals surface area (Å²) in [5.74, 6) is 0.800. The third-order valence-corrected chi connectivity index (χ3v) is 4.12. The summed E-state index contributed by atoms with van der Waals surface area (Å²) in [6, 6.07) is 9.74. The van der Waals surface area contributed by atoms with E-state index in [4.69, 9.17) is 9.26 Å². The molecule has 0 atom stereocenters. The largest absolute Gasteiger partial charge is 0.484 e. The zero-order chi connectivity index (χ0) is 16.8. The van der Waals surface area contributed by atoms with Gasteiger partial charge in [-0.1, -0.05) is 17.3 Å². The van der Waals surface area contributed by atoms with Crippen molar-refractivity contribution < 1.29 is 14.1 Å². The van der Waals surface area contributed by atoms with E-state index < -0.39 is 0 Å². The summed E-state index contributed by atoms with van der Waals surface area (Å²) < 4.78 is 10.4. The Morgan fingerprint density at radius 1 is 1.21 bits per heavy atom. The average molecular weight is 329 g/mol. The van der Waals surface area contributed by atoms with Gasteiger partial charge in [-0.2, -0.15) is 0 Å². The van der Waals surface area contributed by atoms with Crippen molar-refractivity contribution in [1.29, 1.82) is 0 Å². The second-order valence-corrected chi connectivity index (χ2v) is 6.18. The number of nitrogens with zero attached hydrogens (tertiary/aromatic N) is 3. The van der Waals surface area contributed by atoms with Gasteiger partial charge in [0.25, 0.3) is 5.91 Å². The van der Waals surface area contributed by atoms with Crippen LogP contribution in [0, 0.1) is 0 Å². The molecule has 1 fully saturated rings. The quantitative estimate of drug-likeness (QED) is 0.780. The number of rotatable bonds is 7. The summed E-state index contributed by atoms with van der Waals surface area (Å²) in [5, 5.41) is 3.91. The molecule has 1 aromatic heterocycles. The fourth-order valence-corrected chi connectivity index (χ4v) is 2.86. The first-order valence-corrected chi connectivity index (χ1v) is 8.28. The Balaban J connectivity index is 1.45. The number of hydrogen-bond donors (Lipinski definition) is 0. The second-order valence-electron chi connectivity index (χ2n) is 6.18. The highest BCUT2D eigenvalue weighted by molar-refractivity contribution is 5.78. The third-order valence-electron chi connectivity index (χ3n) is 4.12. The summed E-state index contributed by atoms with van der Waals surface area (Å²) >= 11 is 0. The van der Waals surface area contributed by atoms with E-state index in [-0.39, 0.29) is 12.5 Å². The van der Waals surface area contributed by atoms with E-state index in [1.54, 1.807) is 6.26 Å². The molecule has 1 aliphatic heterocycles. The van der Waals surface area contributed by atoms with Gasteiger partial charge in [-0.05, 0) is 37.6 Å². The van der Waals surface area contributed by atoms with Crippen molar-refractivity contribution >= 4 is 5.91 Å². The molecular weight excluding hydrogens is 306 g/mol. The molecule has 0 bridgehead atoms. The van der Waals surface area contributed by atoms with Crippen molar-refractivity contribution in [2.45, 2.75) is 25.9 Å². The molecule has 0 radical (unpaired) electrons. The number of benzene rings is 1. The van der Waals surface area contributed by atoms with Crippen LogP contribution in [0.2, 0.25) is 0 Å². The van der Waals surface area contributed by atoms with Crippen LogP contribution in [0.25, 0.3) is 0 Å². The summed E-state index contributed by atoms with van der Waals surface area (Å²) in [4.78, 5) is 16.0. The fraction of sp³-hybridized carbons (Fsp3) is 0.444. The number of hydrogen-bond acceptors (Lipinski definition) is 5. The molecule has 1 aliphatic rings. The van der Waals surface area contributed by atoms with E-state index in [0.29, 0.717) is 0 Å². The van der Waals surface area contributed by atoms with Crippen LogP contribution in [0.4, 0.5) is 0 Å². The molecule has 1 saturated heterocycles. The van der Waals surface area contributed by atoms with Crippen molar-refractivity contribution in [3.05, 3.63) is 47.9 Å². The molecule has 128 valence electrons. The Hall–Kier alpha value is -2.34. The molecule has 0 unspecified atom stereocenters. The van der Waals surface area contributed by atoms with Gasteiger partial charge in [-0.3, -0.25) is 9.69 Å². The maximum Gasteiger partial charge on any atom is 0.260 e. The van der Waals surface area contributed by atoms with Crippen LogP contribution in [0.3, 0.4) is 0 Å². The molecule has 2 aromatic rings. The molecular formula is C18H23N3O3. The lowest BCUT2D eigenvalue weighted by Crippen LogP contribution is -2.32. The van der Waals surface area contributed by atoms with E-state index >= 15 is 0 Å². The minimum absolute atomic E-state index is 0.0731. The molecule has 2 heterocycles. The number of carbonyl (C=O) groups excluding carboxylic acids is 1. The second kappa shape index (κ2) is 7.97. The minimum Gasteiger partial charge on any atom is -0.484 e. The number of amides is 1. The van der Waals surface area contributed by atoms with Crippen LogP contribution in [0.15, 0.2) is 41.1 Å². The van der Waals surface area contributed by atoms with Crippen LogP contribution in [0.5, 0.6) is 5.75 Å². The lowest BCUT2D eigenvalue weighted by atomic mass is 10.2. The summed E-state index contributed by atoms with van der Waals surface area (Å²) in [6.45, 7) is 3.38. The standard InChI is InChI=1S/C18H23N3O3/c1-20(13-16-8-11-24-19-16)12-15-4-6-17(7-5-15)23-14-18(22)21-9-2-3-10-21/h4-8,11H,2-3,9-10,12-14H2,1H3. The molecule has 3 rings (SSSR count). The van der Waals surface area contributed by atoms with E-state index in [1.165, 1.54) is 5.56 Å². The van der Waals surface area contributed by atoms with Gasteiger partial charge in [0.2, 0.25) is 0 Å². The van der Waals surface area contributed by atoms with Crippen LogP contribution < -0.4 is 4.74 Å². The van der Waals surface area contributed by atoms with E-state index in [0.717, 1.165) is 50.5 Å². The van der Waals surface area contributed by atoms with E-state index in [1.807, 2.05) is 42.3 Å². The third kappa shape index (κ3) is 4.58. The Kier molecular flexibility index (Phi) is 5.48. The molecule has 1 aromatic carbocycles. The first-order valence-electron chi connectivity index (χ1n) is 8.28. The zero-order valence-corrected chi connectivity index (χ0v) is 14.0. The fourth-order valence-electron chi connectivity index (χ4n) is 2.86. The molecule has 0 spiro atoms. The van der Waals surface area contributed by atoms with Crippen molar-refractivity contribution in [3.8, 4) is 5.75 Å². The summed E-state index contributed by atoms with van der Waals surface area (Å²) in [6.07, 6.45) is 3.78. The number of likely N-dealkylation sites (tertiary alicyclic amines) is 1. The van der Waals surface area contributed by atoms with E-state index in [2.05, 4.69) is 10.1 Å². The number of aromatic nitrogens is 1. The Labute approximate surface area is 142 Å². The highest BCUT2D eigenvalue weighted by Gasteiger charge is 2.18. The Morgan fingerprint density at radius 3 is 2.62 bits per heavy atom. The van der Waals surface area contributed by atoms with Crippen LogP contribution >= 0.6 is 0 Å². The van der Waals surface area contributed by atoms with E-state index in [9.17, 15) is 4.79 Å². The maximum atomic E-state index is 12.0. The summed E-state index contributed by atoms with van der Waals surface area (Å²) in [7, 11) is 2.04. The predicted molar refractivity (Wildman–Crippen MR) is 89.4 cm³/mol. The molecule has 6 heteroatoms. The first kappa shape index (κ1) is 16.5. The Morgan fingerprint density at radius 2 is 1.96 bits per heavy atom. The van der Waals surface area contributed by atoms with Gasteiger partial charge in [-0.25, -0.2) is 0 Å². The Bertz CT molecular complexity index is 634.